The van der Waals surface area contributed by atoms with E-state index in [1.54, 1.807) is 11.5 Å². The molecule has 1 saturated heterocycles. The maximum absolute atomic E-state index is 4.31. The molecule has 1 aromatic heterocycles. The predicted molar refractivity (Wildman–Crippen MR) is 71.8 cm³/mol. The summed E-state index contributed by atoms with van der Waals surface area (Å²) in [6.07, 6.45) is 4.14. The Labute approximate surface area is 104 Å². The Morgan fingerprint density at radius 1 is 1.25 bits per heavy atom. The van der Waals surface area contributed by atoms with Crippen molar-refractivity contribution in [3.8, 4) is 0 Å². The fourth-order valence-corrected chi connectivity index (χ4v) is 2.20. The number of aromatic nitrogens is 1. The van der Waals surface area contributed by atoms with Crippen LogP contribution in [0.1, 0.15) is 45.7 Å². The van der Waals surface area contributed by atoms with Gasteiger partial charge < -0.3 is 0 Å². The molecule has 0 N–H and O–H groups in total. The number of likely N-dealkylation sites (tertiary alicyclic amines) is 1. The number of nitrogens with zero attached hydrogens (tertiary/aromatic N) is 2. The molecular weight excluding hydrogens is 216 g/mol. The van der Waals surface area contributed by atoms with Crippen molar-refractivity contribution in [1.29, 1.82) is 0 Å². The molecule has 16 heavy (non-hydrogen) atoms. The third-order valence-electron chi connectivity index (χ3n) is 2.33. The SMILES string of the molecule is CC(C)C.c1cc(CN2CCCCC2)ns1. The minimum atomic E-state index is 0.833. The maximum Gasteiger partial charge on any atom is 0.0682 e. The number of hydrogen-bond donors (Lipinski definition) is 0. The molecule has 0 radical (unpaired) electrons. The molecule has 92 valence electrons. The van der Waals surface area contributed by atoms with Crippen LogP contribution in [0.4, 0.5) is 0 Å². The van der Waals surface area contributed by atoms with Gasteiger partial charge in [0.15, 0.2) is 0 Å². The van der Waals surface area contributed by atoms with Crippen molar-refractivity contribution in [2.24, 2.45) is 5.92 Å². The van der Waals surface area contributed by atoms with Gasteiger partial charge in [-0.25, -0.2) is 0 Å². The second-order valence-corrected chi connectivity index (χ2v) is 5.73. The van der Waals surface area contributed by atoms with Crippen molar-refractivity contribution in [2.45, 2.75) is 46.6 Å². The first-order valence-electron chi connectivity index (χ1n) is 6.30. The molecule has 0 bridgehead atoms. The lowest BCUT2D eigenvalue weighted by molar-refractivity contribution is 0.219. The van der Waals surface area contributed by atoms with E-state index in [2.05, 4.69) is 41.5 Å². The summed E-state index contributed by atoms with van der Waals surface area (Å²) in [7, 11) is 0. The van der Waals surface area contributed by atoms with Crippen LogP contribution in [-0.2, 0) is 6.54 Å². The first-order chi connectivity index (χ1) is 7.68. The van der Waals surface area contributed by atoms with E-state index in [-0.39, 0.29) is 0 Å². The summed E-state index contributed by atoms with van der Waals surface area (Å²) >= 11 is 1.55. The zero-order chi connectivity index (χ0) is 11.8. The Hall–Kier alpha value is -0.410. The summed E-state index contributed by atoms with van der Waals surface area (Å²) in [4.78, 5) is 2.50. The summed E-state index contributed by atoms with van der Waals surface area (Å²) in [5, 5.41) is 2.05. The van der Waals surface area contributed by atoms with E-state index in [1.165, 1.54) is 38.0 Å². The molecule has 0 aromatic carbocycles. The minimum Gasteiger partial charge on any atom is -0.297 e. The largest absolute Gasteiger partial charge is 0.297 e. The predicted octanol–water partition coefficient (Wildman–Crippen LogP) is 3.79. The molecule has 0 unspecified atom stereocenters. The monoisotopic (exact) mass is 240 g/mol. The van der Waals surface area contributed by atoms with Gasteiger partial charge in [-0.05, 0) is 49.4 Å². The molecule has 1 fully saturated rings. The molecule has 2 heterocycles. The van der Waals surface area contributed by atoms with Gasteiger partial charge in [0.05, 0.1) is 5.69 Å². The zero-order valence-electron chi connectivity index (χ0n) is 10.8. The van der Waals surface area contributed by atoms with Crippen LogP contribution in [0.15, 0.2) is 11.4 Å². The smallest absolute Gasteiger partial charge is 0.0682 e. The van der Waals surface area contributed by atoms with Crippen LogP contribution >= 0.6 is 11.5 Å². The van der Waals surface area contributed by atoms with Gasteiger partial charge in [0.1, 0.15) is 0 Å². The van der Waals surface area contributed by atoms with Crippen LogP contribution in [-0.4, -0.2) is 22.4 Å². The van der Waals surface area contributed by atoms with E-state index in [4.69, 9.17) is 0 Å². The fourth-order valence-electron chi connectivity index (χ4n) is 1.67. The van der Waals surface area contributed by atoms with Gasteiger partial charge in [-0.2, -0.15) is 4.37 Å². The lowest BCUT2D eigenvalue weighted by Crippen LogP contribution is -2.29. The van der Waals surface area contributed by atoms with Crippen LogP contribution in [0, 0.1) is 5.92 Å². The molecule has 3 heteroatoms. The lowest BCUT2D eigenvalue weighted by Gasteiger charge is -2.25. The van der Waals surface area contributed by atoms with Crippen molar-refractivity contribution in [1.82, 2.24) is 9.27 Å². The van der Waals surface area contributed by atoms with Gasteiger partial charge in [0.2, 0.25) is 0 Å². The van der Waals surface area contributed by atoms with E-state index in [0.717, 1.165) is 12.5 Å². The summed E-state index contributed by atoms with van der Waals surface area (Å²) in [5.74, 6) is 0.833. The van der Waals surface area contributed by atoms with Gasteiger partial charge >= 0.3 is 0 Å². The second-order valence-electron chi connectivity index (χ2n) is 5.06. The summed E-state index contributed by atoms with van der Waals surface area (Å²) < 4.78 is 4.31. The molecule has 0 spiro atoms. The normalized spacial score (nSPS) is 17.0. The van der Waals surface area contributed by atoms with E-state index in [1.807, 2.05) is 0 Å². The van der Waals surface area contributed by atoms with Gasteiger partial charge in [0.25, 0.3) is 0 Å². The first-order valence-corrected chi connectivity index (χ1v) is 7.13. The average Bonchev–Trinajstić information content (AvgIpc) is 2.71. The van der Waals surface area contributed by atoms with Gasteiger partial charge in [-0.3, -0.25) is 4.90 Å². The topological polar surface area (TPSA) is 16.1 Å². The Bertz CT molecular complexity index is 248. The molecule has 2 nitrogen and oxygen atoms in total. The van der Waals surface area contributed by atoms with Crippen molar-refractivity contribution < 1.29 is 0 Å². The molecule has 0 aliphatic carbocycles. The Balaban J connectivity index is 0.000000280. The van der Waals surface area contributed by atoms with Crippen LogP contribution < -0.4 is 0 Å². The van der Waals surface area contributed by atoms with Crippen LogP contribution in [0.3, 0.4) is 0 Å². The molecular formula is C13H24N2S. The molecule has 1 aliphatic heterocycles. The molecule has 0 atom stereocenters. The zero-order valence-corrected chi connectivity index (χ0v) is 11.6. The van der Waals surface area contributed by atoms with Crippen molar-refractivity contribution >= 4 is 11.5 Å². The highest BCUT2D eigenvalue weighted by molar-refractivity contribution is 7.03. The third-order valence-corrected chi connectivity index (χ3v) is 2.92. The summed E-state index contributed by atoms with van der Waals surface area (Å²) in [6.45, 7) is 10.1. The number of hydrogen-bond acceptors (Lipinski definition) is 3. The molecule has 0 saturated carbocycles. The molecule has 1 aliphatic rings. The van der Waals surface area contributed by atoms with E-state index < -0.39 is 0 Å². The van der Waals surface area contributed by atoms with E-state index >= 15 is 0 Å². The highest BCUT2D eigenvalue weighted by atomic mass is 32.1. The fraction of sp³-hybridized carbons (Fsp3) is 0.769. The second kappa shape index (κ2) is 7.80. The van der Waals surface area contributed by atoms with E-state index in [9.17, 15) is 0 Å². The Morgan fingerprint density at radius 2 is 1.88 bits per heavy atom. The van der Waals surface area contributed by atoms with Gasteiger partial charge in [0, 0.05) is 11.9 Å². The Morgan fingerprint density at radius 3 is 2.38 bits per heavy atom. The number of rotatable bonds is 2. The highest BCUT2D eigenvalue weighted by Gasteiger charge is 2.10. The van der Waals surface area contributed by atoms with Crippen molar-refractivity contribution in [2.75, 3.05) is 13.1 Å². The molecule has 0 amide bonds. The van der Waals surface area contributed by atoms with Gasteiger partial charge in [-0.15, -0.1) is 0 Å². The third kappa shape index (κ3) is 6.23. The standard InChI is InChI=1S/C9H14N2S.C4H10/c1-2-5-11(6-3-1)8-9-4-7-12-10-9;1-4(2)3/h4,7H,1-3,5-6,8H2;4H,1-3H3. The van der Waals surface area contributed by atoms with Crippen LogP contribution in [0.5, 0.6) is 0 Å². The summed E-state index contributed by atoms with van der Waals surface area (Å²) in [5.41, 5.74) is 1.24. The minimum absolute atomic E-state index is 0.833. The lowest BCUT2D eigenvalue weighted by atomic mass is 10.1. The van der Waals surface area contributed by atoms with Crippen LogP contribution in [0.2, 0.25) is 0 Å². The van der Waals surface area contributed by atoms with E-state index in [0.29, 0.717) is 0 Å². The Kier molecular flexibility index (Phi) is 6.65. The number of piperidine rings is 1. The van der Waals surface area contributed by atoms with Crippen molar-refractivity contribution in [3.63, 3.8) is 0 Å². The van der Waals surface area contributed by atoms with Gasteiger partial charge in [-0.1, -0.05) is 27.2 Å². The molecule has 1 aromatic rings. The van der Waals surface area contributed by atoms with Crippen molar-refractivity contribution in [3.05, 3.63) is 17.1 Å². The summed E-state index contributed by atoms with van der Waals surface area (Å²) in [6, 6.07) is 2.12. The average molecular weight is 240 g/mol. The highest BCUT2D eigenvalue weighted by Crippen LogP contribution is 2.12. The first kappa shape index (κ1) is 13.7. The maximum atomic E-state index is 4.31. The van der Waals surface area contributed by atoms with Crippen LogP contribution in [0.25, 0.3) is 0 Å². The quantitative estimate of drug-likeness (QED) is 0.782. The molecule has 2 rings (SSSR count).